The maximum atomic E-state index is 10.8. The van der Waals surface area contributed by atoms with Gasteiger partial charge in [-0.25, -0.2) is 9.78 Å². The van der Waals surface area contributed by atoms with Gasteiger partial charge in [0, 0.05) is 6.07 Å². The lowest BCUT2D eigenvalue weighted by atomic mass is 10.3. The third kappa shape index (κ3) is 1.42. The van der Waals surface area contributed by atoms with Gasteiger partial charge in [-0.05, 0) is 4.92 Å². The minimum absolute atomic E-state index is 0.143. The molecule has 0 aliphatic rings. The van der Waals surface area contributed by atoms with E-state index in [0.29, 0.717) is 0 Å². The second-order valence-electron chi connectivity index (χ2n) is 2.02. The van der Waals surface area contributed by atoms with E-state index in [0.717, 1.165) is 6.07 Å². The first-order valence-electron chi connectivity index (χ1n) is 3.06. The van der Waals surface area contributed by atoms with Crippen LogP contribution in [0.4, 0.5) is 5.82 Å². The molecule has 1 aromatic rings. The Balaban J connectivity index is 2.91. The highest BCUT2D eigenvalue weighted by atomic mass is 16.6. The Morgan fingerprint density at radius 2 is 2.42 bits per heavy atom. The van der Waals surface area contributed by atoms with Crippen LogP contribution < -0.4 is 0 Å². The highest BCUT2D eigenvalue weighted by molar-refractivity contribution is 5.89. The van der Waals surface area contributed by atoms with E-state index < -0.39 is 10.9 Å². The minimum Gasteiger partial charge on any atom is -0.465 e. The molecular formula is C6H6N2O4. The molecule has 1 N–H and O–H groups in total. The molecule has 0 bridgehead atoms. The summed E-state index contributed by atoms with van der Waals surface area (Å²) in [7, 11) is 1.21. The number of ether oxygens (including phenoxy) is 1. The molecule has 0 spiro atoms. The first-order valence-corrected chi connectivity index (χ1v) is 3.06. The number of carbonyl (C=O) groups is 1. The fraction of sp³-hybridized carbons (Fsp3) is 0.167. The summed E-state index contributed by atoms with van der Waals surface area (Å²) in [6.45, 7) is 0. The lowest BCUT2D eigenvalue weighted by molar-refractivity contribution is -0.389. The Morgan fingerprint density at radius 1 is 1.75 bits per heavy atom. The highest BCUT2D eigenvalue weighted by Gasteiger charge is 2.13. The molecule has 0 unspecified atom stereocenters. The summed E-state index contributed by atoms with van der Waals surface area (Å²) in [5.74, 6) is -0.824. The summed E-state index contributed by atoms with van der Waals surface area (Å²) in [4.78, 5) is 22.6. The van der Waals surface area contributed by atoms with Crippen molar-refractivity contribution in [3.8, 4) is 0 Å². The van der Waals surface area contributed by atoms with Crippen molar-refractivity contribution in [3.05, 3.63) is 27.9 Å². The molecule has 6 nitrogen and oxygen atoms in total. The molecule has 1 heterocycles. The maximum absolute atomic E-state index is 10.8. The quantitative estimate of drug-likeness (QED) is 0.402. The van der Waals surface area contributed by atoms with Gasteiger partial charge in [0.2, 0.25) is 0 Å². The van der Waals surface area contributed by atoms with Crippen molar-refractivity contribution < 1.29 is 14.5 Å². The zero-order chi connectivity index (χ0) is 9.14. The largest absolute Gasteiger partial charge is 0.465 e. The fourth-order valence-electron chi connectivity index (χ4n) is 0.723. The van der Waals surface area contributed by atoms with Crippen LogP contribution in [0.3, 0.4) is 0 Å². The van der Waals surface area contributed by atoms with Gasteiger partial charge in [0.15, 0.2) is 0 Å². The average molecular weight is 170 g/mol. The molecule has 0 amide bonds. The van der Waals surface area contributed by atoms with Crippen molar-refractivity contribution in [2.24, 2.45) is 0 Å². The average Bonchev–Trinajstić information content (AvgIpc) is 2.51. The second-order valence-corrected chi connectivity index (χ2v) is 2.02. The number of aromatic amines is 1. The zero-order valence-corrected chi connectivity index (χ0v) is 6.23. The summed E-state index contributed by atoms with van der Waals surface area (Å²) in [5.41, 5.74) is 0.143. The highest BCUT2D eigenvalue weighted by Crippen LogP contribution is 2.11. The Hall–Kier alpha value is -1.85. The van der Waals surface area contributed by atoms with E-state index >= 15 is 0 Å². The number of nitrogens with one attached hydrogen (secondary N) is 1. The minimum atomic E-state index is -0.619. The number of rotatable bonds is 2. The molecule has 64 valence electrons. The molecule has 0 aliphatic heterocycles. The van der Waals surface area contributed by atoms with Crippen LogP contribution in [0.5, 0.6) is 0 Å². The van der Waals surface area contributed by atoms with Crippen molar-refractivity contribution in [3.63, 3.8) is 0 Å². The van der Waals surface area contributed by atoms with Crippen LogP contribution in [0, 0.1) is 10.1 Å². The molecule has 0 saturated heterocycles. The number of aromatic nitrogens is 1. The molecule has 0 aliphatic carbocycles. The van der Waals surface area contributed by atoms with Crippen molar-refractivity contribution in [2.75, 3.05) is 7.11 Å². The number of H-pyrrole nitrogens is 1. The van der Waals surface area contributed by atoms with Crippen LogP contribution in [0.15, 0.2) is 12.3 Å². The third-order valence-electron chi connectivity index (χ3n) is 1.29. The van der Waals surface area contributed by atoms with Crippen LogP contribution >= 0.6 is 0 Å². The monoisotopic (exact) mass is 170 g/mol. The van der Waals surface area contributed by atoms with Crippen molar-refractivity contribution in [2.45, 2.75) is 0 Å². The summed E-state index contributed by atoms with van der Waals surface area (Å²) in [6.07, 6.45) is 1.23. The Morgan fingerprint density at radius 3 is 2.83 bits per heavy atom. The van der Waals surface area contributed by atoms with E-state index in [1.54, 1.807) is 0 Å². The SMILES string of the molecule is COC(=O)c1c[nH]c([N+](=O)[O-])c1. The fourth-order valence-corrected chi connectivity index (χ4v) is 0.723. The van der Waals surface area contributed by atoms with Gasteiger partial charge < -0.3 is 14.9 Å². The predicted molar refractivity (Wildman–Crippen MR) is 38.8 cm³/mol. The number of hydrogen-bond acceptors (Lipinski definition) is 4. The molecule has 0 aromatic carbocycles. The van der Waals surface area contributed by atoms with Gasteiger partial charge >= 0.3 is 11.8 Å². The smallest absolute Gasteiger partial charge is 0.341 e. The molecule has 1 aromatic heterocycles. The van der Waals surface area contributed by atoms with Gasteiger partial charge in [0.05, 0.1) is 7.11 Å². The maximum Gasteiger partial charge on any atom is 0.341 e. The molecule has 0 radical (unpaired) electrons. The van der Waals surface area contributed by atoms with Crippen LogP contribution in [0.25, 0.3) is 0 Å². The number of methoxy groups -OCH3 is 1. The van der Waals surface area contributed by atoms with E-state index in [2.05, 4.69) is 9.72 Å². The summed E-state index contributed by atoms with van der Waals surface area (Å²) in [5, 5.41) is 10.1. The molecule has 0 fully saturated rings. The van der Waals surface area contributed by atoms with Gasteiger partial charge in [0.1, 0.15) is 11.8 Å². The van der Waals surface area contributed by atoms with E-state index in [1.807, 2.05) is 0 Å². The van der Waals surface area contributed by atoms with Crippen LogP contribution in [-0.4, -0.2) is 23.0 Å². The van der Waals surface area contributed by atoms with Crippen LogP contribution in [-0.2, 0) is 4.74 Å². The first-order chi connectivity index (χ1) is 5.65. The lowest BCUT2D eigenvalue weighted by Gasteiger charge is -1.90. The van der Waals surface area contributed by atoms with Gasteiger partial charge in [0.25, 0.3) is 0 Å². The topological polar surface area (TPSA) is 85.2 Å². The van der Waals surface area contributed by atoms with Crippen molar-refractivity contribution in [1.29, 1.82) is 0 Å². The molecule has 6 heteroatoms. The van der Waals surface area contributed by atoms with Gasteiger partial charge in [-0.2, -0.15) is 0 Å². The third-order valence-corrected chi connectivity index (χ3v) is 1.29. The number of esters is 1. The molecular weight excluding hydrogens is 164 g/mol. The Kier molecular flexibility index (Phi) is 2.09. The number of nitrogens with zero attached hydrogens (tertiary/aromatic N) is 1. The Labute approximate surface area is 67.3 Å². The van der Waals surface area contributed by atoms with Gasteiger partial charge in [-0.3, -0.25) is 0 Å². The number of nitro groups is 1. The number of hydrogen-bond donors (Lipinski definition) is 1. The van der Waals surface area contributed by atoms with Gasteiger partial charge in [-0.1, -0.05) is 0 Å². The summed E-state index contributed by atoms with van der Waals surface area (Å²) < 4.78 is 4.35. The van der Waals surface area contributed by atoms with Crippen molar-refractivity contribution in [1.82, 2.24) is 4.98 Å². The number of carbonyl (C=O) groups excluding carboxylic acids is 1. The summed E-state index contributed by atoms with van der Waals surface area (Å²) in [6, 6.07) is 1.12. The zero-order valence-electron chi connectivity index (χ0n) is 6.23. The lowest BCUT2D eigenvalue weighted by Crippen LogP contribution is -1.98. The molecule has 1 rings (SSSR count). The van der Waals surface area contributed by atoms with E-state index in [1.165, 1.54) is 13.3 Å². The van der Waals surface area contributed by atoms with Gasteiger partial charge in [-0.15, -0.1) is 0 Å². The van der Waals surface area contributed by atoms with Crippen molar-refractivity contribution >= 4 is 11.8 Å². The van der Waals surface area contributed by atoms with Crippen LogP contribution in [0.1, 0.15) is 10.4 Å². The van der Waals surface area contributed by atoms with E-state index in [4.69, 9.17) is 0 Å². The molecule has 0 atom stereocenters. The molecule has 12 heavy (non-hydrogen) atoms. The predicted octanol–water partition coefficient (Wildman–Crippen LogP) is 0.709. The Bertz CT molecular complexity index is 317. The standard InChI is InChI=1S/C6H6N2O4/c1-12-6(9)4-2-5(7-3-4)8(10)11/h2-3,7H,1H3. The molecule has 0 saturated carbocycles. The van der Waals surface area contributed by atoms with E-state index in [9.17, 15) is 14.9 Å². The van der Waals surface area contributed by atoms with E-state index in [-0.39, 0.29) is 11.4 Å². The summed E-state index contributed by atoms with van der Waals surface area (Å²) >= 11 is 0. The normalized spacial score (nSPS) is 9.42. The first kappa shape index (κ1) is 8.25. The second kappa shape index (κ2) is 3.04. The van der Waals surface area contributed by atoms with Crippen LogP contribution in [0.2, 0.25) is 0 Å².